The topological polar surface area (TPSA) is 49.8 Å². The Morgan fingerprint density at radius 1 is 1.29 bits per heavy atom. The lowest BCUT2D eigenvalue weighted by molar-refractivity contribution is 0.0696. The molecule has 21 heavy (non-hydrogen) atoms. The van der Waals surface area contributed by atoms with Crippen LogP contribution in [0.2, 0.25) is 0 Å². The first-order valence-corrected chi connectivity index (χ1v) is 7.74. The Labute approximate surface area is 127 Å². The van der Waals surface area contributed by atoms with Crippen LogP contribution in [0, 0.1) is 0 Å². The summed E-state index contributed by atoms with van der Waals surface area (Å²) in [6, 6.07) is 7.14. The molecule has 0 aromatic heterocycles. The van der Waals surface area contributed by atoms with Crippen molar-refractivity contribution in [2.75, 3.05) is 19.7 Å². The predicted octanol–water partition coefficient (Wildman–Crippen LogP) is 3.66. The first kappa shape index (κ1) is 17.5. The Morgan fingerprint density at radius 2 is 2.05 bits per heavy atom. The van der Waals surface area contributed by atoms with Crippen LogP contribution < -0.4 is 4.74 Å². The Bertz CT molecular complexity index is 432. The molecule has 0 aliphatic carbocycles. The molecular weight excluding hydrogens is 266 g/mol. The molecule has 0 bridgehead atoms. The number of carbonyl (C=O) groups is 1. The number of benzene rings is 1. The van der Waals surface area contributed by atoms with Crippen LogP contribution in [-0.2, 0) is 0 Å². The summed E-state index contributed by atoms with van der Waals surface area (Å²) in [4.78, 5) is 13.3. The first-order valence-electron chi connectivity index (χ1n) is 7.74. The molecule has 0 radical (unpaired) electrons. The largest absolute Gasteiger partial charge is 0.492 e. The summed E-state index contributed by atoms with van der Waals surface area (Å²) < 4.78 is 5.68. The van der Waals surface area contributed by atoms with Crippen LogP contribution >= 0.6 is 0 Å². The summed E-state index contributed by atoms with van der Waals surface area (Å²) in [5, 5.41) is 8.95. The quantitative estimate of drug-likeness (QED) is 0.669. The second kappa shape index (κ2) is 9.40. The first-order chi connectivity index (χ1) is 10.0. The van der Waals surface area contributed by atoms with Gasteiger partial charge in [-0.3, -0.25) is 4.90 Å². The fourth-order valence-electron chi connectivity index (χ4n) is 2.19. The van der Waals surface area contributed by atoms with Gasteiger partial charge in [0, 0.05) is 12.6 Å². The van der Waals surface area contributed by atoms with Gasteiger partial charge in [0.1, 0.15) is 12.4 Å². The summed E-state index contributed by atoms with van der Waals surface area (Å²) in [7, 11) is 0. The van der Waals surface area contributed by atoms with E-state index in [1.165, 1.54) is 19.3 Å². The van der Waals surface area contributed by atoms with Crippen molar-refractivity contribution in [1.82, 2.24) is 4.90 Å². The normalized spacial score (nSPS) is 11.1. The molecule has 0 spiro atoms. The van der Waals surface area contributed by atoms with Gasteiger partial charge in [-0.1, -0.05) is 25.8 Å². The lowest BCUT2D eigenvalue weighted by Crippen LogP contribution is -2.35. The highest BCUT2D eigenvalue weighted by Crippen LogP contribution is 2.13. The Balaban J connectivity index is 2.42. The van der Waals surface area contributed by atoms with Crippen LogP contribution in [0.1, 0.15) is 50.4 Å². The molecule has 0 heterocycles. The molecule has 0 fully saturated rings. The monoisotopic (exact) mass is 293 g/mol. The zero-order chi connectivity index (χ0) is 15.7. The molecule has 0 amide bonds. The molecule has 1 aromatic carbocycles. The van der Waals surface area contributed by atoms with E-state index >= 15 is 0 Å². The van der Waals surface area contributed by atoms with Gasteiger partial charge >= 0.3 is 5.97 Å². The van der Waals surface area contributed by atoms with Gasteiger partial charge in [0.05, 0.1) is 5.56 Å². The molecule has 4 heteroatoms. The molecule has 118 valence electrons. The highest BCUT2D eigenvalue weighted by molar-refractivity contribution is 5.87. The number of hydrogen-bond acceptors (Lipinski definition) is 3. The molecule has 1 aromatic rings. The average Bonchev–Trinajstić information content (AvgIpc) is 2.46. The number of hydrogen-bond donors (Lipinski definition) is 1. The summed E-state index contributed by atoms with van der Waals surface area (Å²) in [6.07, 6.45) is 3.69. The molecule has 0 saturated carbocycles. The minimum absolute atomic E-state index is 0.260. The van der Waals surface area contributed by atoms with Crippen LogP contribution in [0.3, 0.4) is 0 Å². The van der Waals surface area contributed by atoms with Crippen LogP contribution in [0.25, 0.3) is 0 Å². The van der Waals surface area contributed by atoms with Gasteiger partial charge in [-0.2, -0.15) is 0 Å². The van der Waals surface area contributed by atoms with Gasteiger partial charge in [-0.05, 0) is 45.0 Å². The highest BCUT2D eigenvalue weighted by atomic mass is 16.5. The Kier molecular flexibility index (Phi) is 7.83. The van der Waals surface area contributed by atoms with E-state index in [1.807, 2.05) is 0 Å². The average molecular weight is 293 g/mol. The maximum atomic E-state index is 10.9. The molecule has 0 aliphatic rings. The van der Waals surface area contributed by atoms with Crippen molar-refractivity contribution in [3.8, 4) is 5.75 Å². The van der Waals surface area contributed by atoms with Crippen molar-refractivity contribution in [2.24, 2.45) is 0 Å². The minimum Gasteiger partial charge on any atom is -0.492 e. The Morgan fingerprint density at radius 3 is 2.67 bits per heavy atom. The molecule has 4 nitrogen and oxygen atoms in total. The van der Waals surface area contributed by atoms with Gasteiger partial charge < -0.3 is 9.84 Å². The smallest absolute Gasteiger partial charge is 0.335 e. The molecule has 1 N–H and O–H groups in total. The third-order valence-electron chi connectivity index (χ3n) is 3.51. The van der Waals surface area contributed by atoms with Gasteiger partial charge in [-0.25, -0.2) is 4.79 Å². The molecule has 0 aliphatic heterocycles. The van der Waals surface area contributed by atoms with Crippen LogP contribution in [-0.4, -0.2) is 41.7 Å². The molecule has 0 saturated heterocycles. The lowest BCUT2D eigenvalue weighted by atomic mass is 10.2. The number of aromatic carboxylic acids is 1. The van der Waals surface area contributed by atoms with E-state index in [0.717, 1.165) is 13.1 Å². The van der Waals surface area contributed by atoms with Gasteiger partial charge in [-0.15, -0.1) is 0 Å². The summed E-state index contributed by atoms with van der Waals surface area (Å²) in [5.41, 5.74) is 0.260. The number of unbranched alkanes of at least 4 members (excludes halogenated alkanes) is 2. The Hall–Kier alpha value is -1.55. The fourth-order valence-corrected chi connectivity index (χ4v) is 2.19. The van der Waals surface area contributed by atoms with Crippen molar-refractivity contribution in [3.05, 3.63) is 29.8 Å². The van der Waals surface area contributed by atoms with Crippen molar-refractivity contribution >= 4 is 5.97 Å². The second-order valence-electron chi connectivity index (χ2n) is 5.52. The molecular formula is C17H27NO3. The van der Waals surface area contributed by atoms with Gasteiger partial charge in [0.25, 0.3) is 0 Å². The number of ether oxygens (including phenoxy) is 1. The van der Waals surface area contributed by atoms with Crippen LogP contribution in [0.4, 0.5) is 0 Å². The van der Waals surface area contributed by atoms with Crippen LogP contribution in [0.5, 0.6) is 5.75 Å². The molecule has 0 unspecified atom stereocenters. The van der Waals surface area contributed by atoms with E-state index in [9.17, 15) is 4.79 Å². The lowest BCUT2D eigenvalue weighted by Gasteiger charge is -2.26. The summed E-state index contributed by atoms with van der Waals surface area (Å²) in [6.45, 7) is 9.11. The van der Waals surface area contributed by atoms with Gasteiger partial charge in [0.2, 0.25) is 0 Å². The SMILES string of the molecule is CCCCCN(CCOc1cccc(C(=O)O)c1)C(C)C. The maximum absolute atomic E-state index is 10.9. The van der Waals surface area contributed by atoms with Crippen molar-refractivity contribution in [1.29, 1.82) is 0 Å². The number of rotatable bonds is 10. The van der Waals surface area contributed by atoms with Gasteiger partial charge in [0.15, 0.2) is 0 Å². The van der Waals surface area contributed by atoms with Crippen LogP contribution in [0.15, 0.2) is 24.3 Å². The number of carboxylic acids is 1. The third-order valence-corrected chi connectivity index (χ3v) is 3.51. The van der Waals surface area contributed by atoms with E-state index in [0.29, 0.717) is 18.4 Å². The van der Waals surface area contributed by atoms with Crippen molar-refractivity contribution < 1.29 is 14.6 Å². The zero-order valence-electron chi connectivity index (χ0n) is 13.3. The maximum Gasteiger partial charge on any atom is 0.335 e. The number of carboxylic acid groups (broad SMARTS) is 1. The summed E-state index contributed by atoms with van der Waals surface area (Å²) >= 11 is 0. The summed E-state index contributed by atoms with van der Waals surface area (Å²) in [5.74, 6) is -0.309. The molecule has 0 atom stereocenters. The minimum atomic E-state index is -0.927. The standard InChI is InChI=1S/C17H27NO3/c1-4-5-6-10-18(14(2)3)11-12-21-16-9-7-8-15(13-16)17(19)20/h7-9,13-14H,4-6,10-12H2,1-3H3,(H,19,20). The van der Waals surface area contributed by atoms with Crippen molar-refractivity contribution in [3.63, 3.8) is 0 Å². The van der Waals surface area contributed by atoms with E-state index in [-0.39, 0.29) is 5.56 Å². The van der Waals surface area contributed by atoms with E-state index in [1.54, 1.807) is 24.3 Å². The third kappa shape index (κ3) is 6.63. The van der Waals surface area contributed by atoms with E-state index < -0.39 is 5.97 Å². The molecule has 1 rings (SSSR count). The fraction of sp³-hybridized carbons (Fsp3) is 0.588. The number of nitrogens with zero attached hydrogens (tertiary/aromatic N) is 1. The van der Waals surface area contributed by atoms with E-state index in [2.05, 4.69) is 25.7 Å². The second-order valence-corrected chi connectivity index (χ2v) is 5.52. The predicted molar refractivity (Wildman–Crippen MR) is 85.1 cm³/mol. The highest BCUT2D eigenvalue weighted by Gasteiger charge is 2.09. The van der Waals surface area contributed by atoms with Crippen molar-refractivity contribution in [2.45, 2.75) is 46.1 Å². The zero-order valence-corrected chi connectivity index (χ0v) is 13.3. The van der Waals surface area contributed by atoms with E-state index in [4.69, 9.17) is 9.84 Å².